The highest BCUT2D eigenvalue weighted by atomic mass is 32.2. The van der Waals surface area contributed by atoms with E-state index < -0.39 is 0 Å². The van der Waals surface area contributed by atoms with Gasteiger partial charge in [0, 0.05) is 12.5 Å². The molecule has 158 valence electrons. The molecule has 0 radical (unpaired) electrons. The van der Waals surface area contributed by atoms with Crippen LogP contribution in [0.15, 0.2) is 47.6 Å². The number of benzene rings is 2. The Morgan fingerprint density at radius 3 is 2.83 bits per heavy atom. The number of hydrogen-bond donors (Lipinski definition) is 2. The van der Waals surface area contributed by atoms with Crippen molar-refractivity contribution >= 4 is 28.4 Å². The van der Waals surface area contributed by atoms with Crippen LogP contribution < -0.4 is 11.2 Å². The summed E-state index contributed by atoms with van der Waals surface area (Å²) >= 11 is 1.33. The van der Waals surface area contributed by atoms with Crippen LogP contribution in [-0.4, -0.2) is 32.6 Å². The van der Waals surface area contributed by atoms with E-state index in [1.807, 2.05) is 18.2 Å². The lowest BCUT2D eigenvalue weighted by Gasteiger charge is -2.34. The summed E-state index contributed by atoms with van der Waals surface area (Å²) in [6.07, 6.45) is 4.08. The SMILES string of the molecule is C[C@@H]1[C@H](C)CCC[C@H]1NC(=O)CSc1nnc(Cc2cccc3ccccc23)n1N. The third-order valence-electron chi connectivity index (χ3n) is 6.35. The van der Waals surface area contributed by atoms with Gasteiger partial charge in [-0.3, -0.25) is 4.79 Å². The van der Waals surface area contributed by atoms with Crippen molar-refractivity contribution in [3.63, 3.8) is 0 Å². The van der Waals surface area contributed by atoms with E-state index >= 15 is 0 Å². The fraction of sp³-hybridized carbons (Fsp3) is 0.435. The van der Waals surface area contributed by atoms with Gasteiger partial charge >= 0.3 is 0 Å². The molecule has 4 rings (SSSR count). The number of nitrogens with two attached hydrogens (primary N) is 1. The molecule has 3 N–H and O–H groups in total. The minimum absolute atomic E-state index is 0.0320. The average Bonchev–Trinajstić information content (AvgIpc) is 3.09. The highest BCUT2D eigenvalue weighted by Gasteiger charge is 2.28. The number of carbonyl (C=O) groups excluding carboxylic acids is 1. The third-order valence-corrected chi connectivity index (χ3v) is 7.29. The van der Waals surface area contributed by atoms with Crippen molar-refractivity contribution in [3.8, 4) is 0 Å². The number of nitrogens with one attached hydrogen (secondary N) is 1. The summed E-state index contributed by atoms with van der Waals surface area (Å²) in [6.45, 7) is 4.50. The minimum atomic E-state index is 0.0320. The number of fused-ring (bicyclic) bond motifs is 1. The fourth-order valence-corrected chi connectivity index (χ4v) is 4.99. The summed E-state index contributed by atoms with van der Waals surface area (Å²) in [5.74, 6) is 8.42. The highest BCUT2D eigenvalue weighted by molar-refractivity contribution is 7.99. The first-order valence-corrected chi connectivity index (χ1v) is 11.6. The van der Waals surface area contributed by atoms with Gasteiger partial charge in [-0.1, -0.05) is 80.9 Å². The van der Waals surface area contributed by atoms with Gasteiger partial charge in [0.25, 0.3) is 0 Å². The summed E-state index contributed by atoms with van der Waals surface area (Å²) in [4.78, 5) is 12.5. The van der Waals surface area contributed by atoms with Gasteiger partial charge in [0.15, 0.2) is 5.82 Å². The first kappa shape index (κ1) is 20.7. The summed E-state index contributed by atoms with van der Waals surface area (Å²) < 4.78 is 1.50. The molecule has 7 heteroatoms. The molecule has 0 aliphatic heterocycles. The van der Waals surface area contributed by atoms with Crippen molar-refractivity contribution in [1.29, 1.82) is 0 Å². The zero-order valence-corrected chi connectivity index (χ0v) is 18.4. The van der Waals surface area contributed by atoms with Gasteiger partial charge in [0.1, 0.15) is 0 Å². The van der Waals surface area contributed by atoms with E-state index in [1.165, 1.54) is 40.1 Å². The number of rotatable bonds is 6. The van der Waals surface area contributed by atoms with Crippen molar-refractivity contribution in [1.82, 2.24) is 20.2 Å². The molecule has 1 aromatic heterocycles. The second kappa shape index (κ2) is 9.08. The predicted octanol–water partition coefficient (Wildman–Crippen LogP) is 3.77. The monoisotopic (exact) mass is 423 g/mol. The first-order valence-electron chi connectivity index (χ1n) is 10.6. The Morgan fingerprint density at radius 2 is 1.97 bits per heavy atom. The number of hydrogen-bond acceptors (Lipinski definition) is 5. The molecule has 1 aliphatic carbocycles. The Morgan fingerprint density at radius 1 is 1.17 bits per heavy atom. The highest BCUT2D eigenvalue weighted by Crippen LogP contribution is 2.29. The Bertz CT molecular complexity index is 1030. The van der Waals surface area contributed by atoms with E-state index in [1.54, 1.807) is 0 Å². The molecule has 1 aliphatic rings. The molecular weight excluding hydrogens is 394 g/mol. The van der Waals surface area contributed by atoms with Crippen LogP contribution in [0.2, 0.25) is 0 Å². The standard InChI is InChI=1S/C23H29N5OS/c1-15-7-5-12-20(16(15)2)25-22(29)14-30-23-27-26-21(28(23)24)13-18-10-6-9-17-8-3-4-11-19(17)18/h3-4,6,8-11,15-16,20H,5,7,12-14,24H2,1-2H3,(H,25,29)/t15-,16-,20-/m1/s1. The zero-order valence-electron chi connectivity index (χ0n) is 17.5. The lowest BCUT2D eigenvalue weighted by Crippen LogP contribution is -2.44. The predicted molar refractivity (Wildman–Crippen MR) is 122 cm³/mol. The van der Waals surface area contributed by atoms with Crippen LogP contribution >= 0.6 is 11.8 Å². The zero-order chi connectivity index (χ0) is 21.1. The van der Waals surface area contributed by atoms with Gasteiger partial charge in [-0.2, -0.15) is 0 Å². The van der Waals surface area contributed by atoms with Gasteiger partial charge in [-0.05, 0) is 34.6 Å². The van der Waals surface area contributed by atoms with E-state index in [4.69, 9.17) is 5.84 Å². The number of nitrogen functional groups attached to an aromatic ring is 1. The fourth-order valence-electron chi connectivity index (χ4n) is 4.31. The van der Waals surface area contributed by atoms with Gasteiger partial charge in [0.2, 0.25) is 11.1 Å². The quantitative estimate of drug-likeness (QED) is 0.466. The normalized spacial score (nSPS) is 21.6. The molecule has 30 heavy (non-hydrogen) atoms. The number of aromatic nitrogens is 3. The van der Waals surface area contributed by atoms with Crippen molar-refractivity contribution in [3.05, 3.63) is 53.9 Å². The number of nitrogens with zero attached hydrogens (tertiary/aromatic N) is 3. The van der Waals surface area contributed by atoms with Gasteiger partial charge < -0.3 is 11.2 Å². The van der Waals surface area contributed by atoms with Crippen LogP contribution in [0.3, 0.4) is 0 Å². The molecule has 2 aromatic carbocycles. The summed E-state index contributed by atoms with van der Waals surface area (Å²) in [6, 6.07) is 14.8. The molecule has 6 nitrogen and oxygen atoms in total. The Hall–Kier alpha value is -2.54. The molecule has 0 bridgehead atoms. The van der Waals surface area contributed by atoms with Crippen molar-refractivity contribution < 1.29 is 4.79 Å². The number of carbonyl (C=O) groups is 1. The molecule has 0 spiro atoms. The molecule has 1 amide bonds. The maximum atomic E-state index is 12.5. The van der Waals surface area contributed by atoms with E-state index in [0.717, 1.165) is 12.0 Å². The maximum Gasteiger partial charge on any atom is 0.230 e. The Kier molecular flexibility index (Phi) is 6.27. The van der Waals surface area contributed by atoms with E-state index in [0.29, 0.717) is 35.0 Å². The molecule has 1 fully saturated rings. The van der Waals surface area contributed by atoms with Crippen LogP contribution in [0.5, 0.6) is 0 Å². The number of amides is 1. The summed E-state index contributed by atoms with van der Waals surface area (Å²) in [5.41, 5.74) is 1.15. The van der Waals surface area contributed by atoms with E-state index in [9.17, 15) is 4.79 Å². The van der Waals surface area contributed by atoms with Crippen molar-refractivity contribution in [2.24, 2.45) is 11.8 Å². The second-order valence-corrected chi connectivity index (χ2v) is 9.26. The molecule has 3 atom stereocenters. The molecular formula is C23H29N5OS. The number of thioether (sulfide) groups is 1. The molecule has 0 unspecified atom stereocenters. The van der Waals surface area contributed by atoms with Crippen molar-refractivity contribution in [2.75, 3.05) is 11.6 Å². The van der Waals surface area contributed by atoms with Gasteiger partial charge in [-0.25, -0.2) is 4.68 Å². The molecule has 3 aromatic rings. The molecule has 1 heterocycles. The average molecular weight is 424 g/mol. The second-order valence-electron chi connectivity index (χ2n) is 8.31. The summed E-state index contributed by atoms with van der Waals surface area (Å²) in [7, 11) is 0. The van der Waals surface area contributed by atoms with E-state index in [-0.39, 0.29) is 11.9 Å². The largest absolute Gasteiger partial charge is 0.352 e. The third kappa shape index (κ3) is 4.46. The van der Waals surface area contributed by atoms with Crippen LogP contribution in [0, 0.1) is 11.8 Å². The minimum Gasteiger partial charge on any atom is -0.352 e. The lowest BCUT2D eigenvalue weighted by molar-refractivity contribution is -0.120. The topological polar surface area (TPSA) is 85.8 Å². The van der Waals surface area contributed by atoms with E-state index in [2.05, 4.69) is 53.6 Å². The smallest absolute Gasteiger partial charge is 0.230 e. The van der Waals surface area contributed by atoms with Crippen LogP contribution in [0.1, 0.15) is 44.5 Å². The van der Waals surface area contributed by atoms with Crippen LogP contribution in [0.25, 0.3) is 10.8 Å². The maximum absolute atomic E-state index is 12.5. The molecule has 0 saturated heterocycles. The van der Waals surface area contributed by atoms with Crippen molar-refractivity contribution in [2.45, 2.75) is 50.7 Å². The molecule has 1 saturated carbocycles. The van der Waals surface area contributed by atoms with Gasteiger partial charge in [0.05, 0.1) is 5.75 Å². The van der Waals surface area contributed by atoms with Gasteiger partial charge in [-0.15, -0.1) is 10.2 Å². The van der Waals surface area contributed by atoms with Crippen LogP contribution in [0.4, 0.5) is 0 Å². The summed E-state index contributed by atoms with van der Waals surface area (Å²) in [5, 5.41) is 14.6. The Labute approximate surface area is 181 Å². The first-order chi connectivity index (χ1) is 14.5. The Balaban J connectivity index is 1.38. The van der Waals surface area contributed by atoms with Crippen LogP contribution in [-0.2, 0) is 11.2 Å². The lowest BCUT2D eigenvalue weighted by atomic mass is 9.78.